The third-order valence-corrected chi connectivity index (χ3v) is 3.38. The predicted molar refractivity (Wildman–Crippen MR) is 70.9 cm³/mol. The highest BCUT2D eigenvalue weighted by Gasteiger charge is 2.28. The van der Waals surface area contributed by atoms with Crippen LogP contribution in [0.4, 0.5) is 5.69 Å². The van der Waals surface area contributed by atoms with Gasteiger partial charge in [0.15, 0.2) is 0 Å². The number of para-hydroxylation sites is 1. The van der Waals surface area contributed by atoms with E-state index in [1.54, 1.807) is 22.0 Å². The van der Waals surface area contributed by atoms with Crippen molar-refractivity contribution in [2.24, 2.45) is 7.05 Å². The van der Waals surface area contributed by atoms with E-state index in [1.807, 2.05) is 31.3 Å². The van der Waals surface area contributed by atoms with Crippen molar-refractivity contribution in [2.75, 3.05) is 11.4 Å². The van der Waals surface area contributed by atoms with Crippen molar-refractivity contribution >= 4 is 11.6 Å². The number of carbonyl (C=O) groups is 1. The quantitative estimate of drug-likeness (QED) is 0.842. The lowest BCUT2D eigenvalue weighted by Gasteiger charge is -2.31. The van der Waals surface area contributed by atoms with E-state index in [-0.39, 0.29) is 5.91 Å². The van der Waals surface area contributed by atoms with Crippen LogP contribution in [0.25, 0.3) is 0 Å². The number of benzene rings is 1. The molecular formula is C14H15N3O2. The van der Waals surface area contributed by atoms with Gasteiger partial charge in [-0.2, -0.15) is 0 Å². The summed E-state index contributed by atoms with van der Waals surface area (Å²) in [6, 6.07) is 7.46. The highest BCUT2D eigenvalue weighted by Crippen LogP contribution is 2.33. The first kappa shape index (κ1) is 11.9. The lowest BCUT2D eigenvalue weighted by Crippen LogP contribution is -2.36. The predicted octanol–water partition coefficient (Wildman–Crippen LogP) is 1.50. The van der Waals surface area contributed by atoms with Crippen LogP contribution in [0.2, 0.25) is 0 Å². The highest BCUT2D eigenvalue weighted by molar-refractivity contribution is 6.05. The van der Waals surface area contributed by atoms with Crippen LogP contribution in [0.5, 0.6) is 0 Å². The molecule has 1 aliphatic rings. The van der Waals surface area contributed by atoms with Crippen LogP contribution >= 0.6 is 0 Å². The molecular weight excluding hydrogens is 242 g/mol. The maximum absolute atomic E-state index is 12.5. The second-order valence-electron chi connectivity index (χ2n) is 4.74. The number of carbonyl (C=O) groups excluding carboxylic acids is 1. The van der Waals surface area contributed by atoms with Crippen LogP contribution in [0.15, 0.2) is 36.8 Å². The molecule has 1 unspecified atom stereocenters. The zero-order valence-electron chi connectivity index (χ0n) is 10.7. The van der Waals surface area contributed by atoms with Gasteiger partial charge in [-0.05, 0) is 12.5 Å². The Balaban J connectivity index is 1.98. The van der Waals surface area contributed by atoms with Crippen molar-refractivity contribution in [1.29, 1.82) is 0 Å². The molecule has 2 aromatic rings. The molecule has 3 rings (SSSR count). The van der Waals surface area contributed by atoms with E-state index in [1.165, 1.54) is 0 Å². The molecule has 0 radical (unpaired) electrons. The summed E-state index contributed by atoms with van der Waals surface area (Å²) >= 11 is 0. The molecule has 1 aromatic heterocycles. The Morgan fingerprint density at radius 1 is 1.42 bits per heavy atom. The van der Waals surface area contributed by atoms with Crippen molar-refractivity contribution in [1.82, 2.24) is 9.55 Å². The molecule has 0 fully saturated rings. The van der Waals surface area contributed by atoms with Gasteiger partial charge in [0.05, 0.1) is 12.4 Å². The molecule has 5 heteroatoms. The molecule has 0 aliphatic carbocycles. The number of aliphatic hydroxyl groups excluding tert-OH is 1. The Kier molecular flexibility index (Phi) is 2.83. The second kappa shape index (κ2) is 4.51. The highest BCUT2D eigenvalue weighted by atomic mass is 16.3. The number of anilines is 1. The first-order valence-electron chi connectivity index (χ1n) is 6.23. The Hall–Kier alpha value is -2.14. The molecule has 1 amide bonds. The number of imidazole rings is 1. The number of aliphatic hydroxyl groups is 1. The zero-order valence-corrected chi connectivity index (χ0v) is 10.7. The first-order chi connectivity index (χ1) is 9.16. The van der Waals surface area contributed by atoms with Crippen LogP contribution in [-0.4, -0.2) is 27.1 Å². The minimum absolute atomic E-state index is 0.125. The lowest BCUT2D eigenvalue weighted by atomic mass is 9.98. The van der Waals surface area contributed by atoms with Crippen molar-refractivity contribution in [3.05, 3.63) is 48.0 Å². The largest absolute Gasteiger partial charge is 0.388 e. The van der Waals surface area contributed by atoms with Gasteiger partial charge in [0, 0.05) is 31.0 Å². The van der Waals surface area contributed by atoms with Crippen LogP contribution < -0.4 is 4.90 Å². The van der Waals surface area contributed by atoms with Gasteiger partial charge in [-0.25, -0.2) is 4.98 Å². The number of aromatic nitrogens is 2. The summed E-state index contributed by atoms with van der Waals surface area (Å²) in [6.45, 7) is 0.508. The summed E-state index contributed by atoms with van der Waals surface area (Å²) in [5.41, 5.74) is 2.00. The standard InChI is InChI=1S/C14H15N3O2/c1-16-8-11(15-9-16)14(19)17-7-6-13(18)10-4-2-3-5-12(10)17/h2-5,8-9,13,18H,6-7H2,1H3. The smallest absolute Gasteiger partial charge is 0.278 e. The number of amides is 1. The summed E-state index contributed by atoms with van der Waals surface area (Å²) in [7, 11) is 1.83. The van der Waals surface area contributed by atoms with Gasteiger partial charge in [0.1, 0.15) is 5.69 Å². The zero-order chi connectivity index (χ0) is 13.4. The summed E-state index contributed by atoms with van der Waals surface area (Å²) in [4.78, 5) is 18.2. The molecule has 1 atom stereocenters. The van der Waals surface area contributed by atoms with Gasteiger partial charge in [0.2, 0.25) is 0 Å². The van der Waals surface area contributed by atoms with Crippen LogP contribution in [0, 0.1) is 0 Å². The maximum atomic E-state index is 12.5. The molecule has 19 heavy (non-hydrogen) atoms. The van der Waals surface area contributed by atoms with Gasteiger partial charge in [-0.3, -0.25) is 4.79 Å². The van der Waals surface area contributed by atoms with Crippen molar-refractivity contribution < 1.29 is 9.90 Å². The molecule has 5 nitrogen and oxygen atoms in total. The van der Waals surface area contributed by atoms with Crippen molar-refractivity contribution in [3.63, 3.8) is 0 Å². The summed E-state index contributed by atoms with van der Waals surface area (Å²) in [6.07, 6.45) is 3.37. The number of hydrogen-bond donors (Lipinski definition) is 1. The van der Waals surface area contributed by atoms with E-state index in [2.05, 4.69) is 4.98 Å². The average molecular weight is 257 g/mol. The molecule has 1 N–H and O–H groups in total. The summed E-state index contributed by atoms with van der Waals surface area (Å²) in [5.74, 6) is -0.125. The van der Waals surface area contributed by atoms with Gasteiger partial charge in [-0.1, -0.05) is 18.2 Å². The van der Waals surface area contributed by atoms with E-state index in [4.69, 9.17) is 0 Å². The molecule has 1 aromatic carbocycles. The number of rotatable bonds is 1. The monoisotopic (exact) mass is 257 g/mol. The number of nitrogens with zero attached hydrogens (tertiary/aromatic N) is 3. The van der Waals surface area contributed by atoms with Crippen LogP contribution in [-0.2, 0) is 7.05 Å². The molecule has 98 valence electrons. The summed E-state index contributed by atoms with van der Waals surface area (Å²) < 4.78 is 1.75. The van der Waals surface area contributed by atoms with E-state index >= 15 is 0 Å². The fourth-order valence-corrected chi connectivity index (χ4v) is 2.41. The Bertz CT molecular complexity index is 621. The first-order valence-corrected chi connectivity index (χ1v) is 6.23. The summed E-state index contributed by atoms with van der Waals surface area (Å²) in [5, 5.41) is 9.98. The Morgan fingerprint density at radius 2 is 2.21 bits per heavy atom. The van der Waals surface area contributed by atoms with Gasteiger partial charge in [0.25, 0.3) is 5.91 Å². The second-order valence-corrected chi connectivity index (χ2v) is 4.74. The Morgan fingerprint density at radius 3 is 2.95 bits per heavy atom. The molecule has 0 saturated carbocycles. The Labute approximate surface area is 111 Å². The van der Waals surface area contributed by atoms with E-state index in [9.17, 15) is 9.90 Å². The van der Waals surface area contributed by atoms with Crippen molar-refractivity contribution in [2.45, 2.75) is 12.5 Å². The molecule has 0 saturated heterocycles. The van der Waals surface area contributed by atoms with Gasteiger partial charge in [-0.15, -0.1) is 0 Å². The van der Waals surface area contributed by atoms with E-state index in [0.29, 0.717) is 18.7 Å². The molecule has 2 heterocycles. The normalized spacial score (nSPS) is 18.2. The van der Waals surface area contributed by atoms with Gasteiger partial charge < -0.3 is 14.6 Å². The topological polar surface area (TPSA) is 58.4 Å². The number of fused-ring (bicyclic) bond motifs is 1. The van der Waals surface area contributed by atoms with Crippen LogP contribution in [0.1, 0.15) is 28.6 Å². The fourth-order valence-electron chi connectivity index (χ4n) is 2.41. The van der Waals surface area contributed by atoms with E-state index in [0.717, 1.165) is 11.3 Å². The van der Waals surface area contributed by atoms with Crippen molar-refractivity contribution in [3.8, 4) is 0 Å². The van der Waals surface area contributed by atoms with Crippen LogP contribution in [0.3, 0.4) is 0 Å². The maximum Gasteiger partial charge on any atom is 0.278 e. The molecule has 0 spiro atoms. The molecule has 0 bridgehead atoms. The van der Waals surface area contributed by atoms with E-state index < -0.39 is 6.10 Å². The third-order valence-electron chi connectivity index (χ3n) is 3.38. The minimum Gasteiger partial charge on any atom is -0.388 e. The SMILES string of the molecule is Cn1cnc(C(=O)N2CCC(O)c3ccccc32)c1. The average Bonchev–Trinajstić information content (AvgIpc) is 2.86. The third kappa shape index (κ3) is 2.02. The fraction of sp³-hybridized carbons (Fsp3) is 0.286. The van der Waals surface area contributed by atoms with Gasteiger partial charge >= 0.3 is 0 Å². The minimum atomic E-state index is -0.496. The number of aryl methyl sites for hydroxylation is 1. The lowest BCUT2D eigenvalue weighted by molar-refractivity contribution is 0.0966. The molecule has 1 aliphatic heterocycles. The number of hydrogen-bond acceptors (Lipinski definition) is 3.